The molecule has 1 aromatic rings. The maximum Gasteiger partial charge on any atom is 0.122 e. The molecule has 1 aromatic carbocycles. The second-order valence-corrected chi connectivity index (χ2v) is 5.82. The summed E-state index contributed by atoms with van der Waals surface area (Å²) in [6.07, 6.45) is 3.76. The van der Waals surface area contributed by atoms with Gasteiger partial charge in [-0.15, -0.1) is 0 Å². The molecule has 15 heavy (non-hydrogen) atoms. The molecule has 0 spiro atoms. The van der Waals surface area contributed by atoms with Gasteiger partial charge in [0, 0.05) is 16.3 Å². The Balaban J connectivity index is 1.90. The van der Waals surface area contributed by atoms with Gasteiger partial charge in [0.15, 0.2) is 0 Å². The standard InChI is InChI=1S/C13H17BrO/c1-10(14)5-4-6-11-9-15-13-8-3-2-7-12(11)13/h2-3,7-8,10-11H,4-6,9H2,1H3. The highest BCUT2D eigenvalue weighted by atomic mass is 79.9. The molecule has 1 heterocycles. The molecule has 2 heteroatoms. The molecule has 0 fully saturated rings. The van der Waals surface area contributed by atoms with Gasteiger partial charge in [0.05, 0.1) is 6.61 Å². The van der Waals surface area contributed by atoms with Crippen molar-refractivity contribution in [1.82, 2.24) is 0 Å². The van der Waals surface area contributed by atoms with E-state index in [-0.39, 0.29) is 0 Å². The van der Waals surface area contributed by atoms with Gasteiger partial charge in [0.2, 0.25) is 0 Å². The summed E-state index contributed by atoms with van der Waals surface area (Å²) in [5.41, 5.74) is 1.40. The smallest absolute Gasteiger partial charge is 0.122 e. The molecule has 1 nitrogen and oxygen atoms in total. The first-order chi connectivity index (χ1) is 7.27. The zero-order valence-electron chi connectivity index (χ0n) is 9.08. The summed E-state index contributed by atoms with van der Waals surface area (Å²) < 4.78 is 5.66. The number of hydrogen-bond acceptors (Lipinski definition) is 1. The molecule has 0 saturated heterocycles. The van der Waals surface area contributed by atoms with Gasteiger partial charge in [0.1, 0.15) is 5.75 Å². The van der Waals surface area contributed by atoms with Crippen molar-refractivity contribution in [1.29, 1.82) is 0 Å². The molecule has 1 aliphatic rings. The minimum absolute atomic E-state index is 0.618. The van der Waals surface area contributed by atoms with Gasteiger partial charge in [-0.2, -0.15) is 0 Å². The summed E-state index contributed by atoms with van der Waals surface area (Å²) in [5, 5.41) is 0. The molecule has 0 radical (unpaired) electrons. The van der Waals surface area contributed by atoms with Crippen molar-refractivity contribution in [2.45, 2.75) is 36.9 Å². The number of ether oxygens (including phenoxy) is 1. The second kappa shape index (κ2) is 5.02. The van der Waals surface area contributed by atoms with Gasteiger partial charge in [-0.05, 0) is 18.9 Å². The highest BCUT2D eigenvalue weighted by Gasteiger charge is 2.22. The fourth-order valence-corrected chi connectivity index (χ4v) is 2.44. The average Bonchev–Trinajstić information content (AvgIpc) is 2.62. The lowest BCUT2D eigenvalue weighted by Crippen LogP contribution is -2.01. The van der Waals surface area contributed by atoms with E-state index in [1.807, 2.05) is 6.07 Å². The Kier molecular flexibility index (Phi) is 3.68. The van der Waals surface area contributed by atoms with E-state index in [0.29, 0.717) is 10.7 Å². The Morgan fingerprint density at radius 2 is 2.27 bits per heavy atom. The Bertz CT molecular complexity index is 322. The van der Waals surface area contributed by atoms with Crippen LogP contribution in [0.1, 0.15) is 37.7 Å². The van der Waals surface area contributed by atoms with Gasteiger partial charge >= 0.3 is 0 Å². The van der Waals surface area contributed by atoms with Crippen LogP contribution in [0.25, 0.3) is 0 Å². The van der Waals surface area contributed by atoms with E-state index in [2.05, 4.69) is 41.1 Å². The Morgan fingerprint density at radius 3 is 3.07 bits per heavy atom. The minimum Gasteiger partial charge on any atom is -0.493 e. The Hall–Kier alpha value is -0.500. The number of halogens is 1. The molecule has 0 N–H and O–H groups in total. The van der Waals surface area contributed by atoms with Crippen LogP contribution in [-0.4, -0.2) is 11.4 Å². The maximum absolute atomic E-state index is 5.66. The summed E-state index contributed by atoms with van der Waals surface area (Å²) >= 11 is 3.58. The van der Waals surface area contributed by atoms with Gasteiger partial charge in [-0.25, -0.2) is 0 Å². The molecule has 82 valence electrons. The molecule has 0 amide bonds. The molecule has 2 rings (SSSR count). The lowest BCUT2D eigenvalue weighted by atomic mass is 9.95. The summed E-state index contributed by atoms with van der Waals surface area (Å²) in [5.74, 6) is 1.71. The number of alkyl halides is 1. The Labute approximate surface area is 100.0 Å². The van der Waals surface area contributed by atoms with Gasteiger partial charge in [-0.1, -0.05) is 47.5 Å². The van der Waals surface area contributed by atoms with E-state index < -0.39 is 0 Å². The molecular formula is C13H17BrO. The van der Waals surface area contributed by atoms with Crippen LogP contribution in [0, 0.1) is 0 Å². The van der Waals surface area contributed by atoms with Gasteiger partial charge in [-0.3, -0.25) is 0 Å². The van der Waals surface area contributed by atoms with Crippen LogP contribution in [0.5, 0.6) is 5.75 Å². The zero-order valence-corrected chi connectivity index (χ0v) is 10.7. The van der Waals surface area contributed by atoms with Crippen molar-refractivity contribution in [3.8, 4) is 5.75 Å². The second-order valence-electron chi connectivity index (χ2n) is 4.26. The first-order valence-corrected chi connectivity index (χ1v) is 6.54. The van der Waals surface area contributed by atoms with E-state index in [9.17, 15) is 0 Å². The molecule has 0 aromatic heterocycles. The molecular weight excluding hydrogens is 252 g/mol. The molecule has 2 unspecified atom stereocenters. The highest BCUT2D eigenvalue weighted by Crippen LogP contribution is 2.36. The summed E-state index contributed by atoms with van der Waals surface area (Å²) in [7, 11) is 0. The number of rotatable bonds is 4. The third-order valence-electron chi connectivity index (χ3n) is 2.95. The lowest BCUT2D eigenvalue weighted by Gasteiger charge is -2.09. The predicted molar refractivity (Wildman–Crippen MR) is 66.9 cm³/mol. The Morgan fingerprint density at radius 1 is 1.47 bits per heavy atom. The van der Waals surface area contributed by atoms with E-state index in [1.54, 1.807) is 0 Å². The number of para-hydroxylation sites is 1. The molecule has 0 aliphatic carbocycles. The van der Waals surface area contributed by atoms with Crippen LogP contribution in [-0.2, 0) is 0 Å². The average molecular weight is 269 g/mol. The lowest BCUT2D eigenvalue weighted by molar-refractivity contribution is 0.322. The summed E-state index contributed by atoms with van der Waals surface area (Å²) in [6, 6.07) is 8.42. The summed E-state index contributed by atoms with van der Waals surface area (Å²) in [4.78, 5) is 0.634. The van der Waals surface area contributed by atoms with E-state index in [0.717, 1.165) is 12.4 Å². The van der Waals surface area contributed by atoms with E-state index in [1.165, 1.54) is 24.8 Å². The predicted octanol–water partition coefficient (Wildman–Crippen LogP) is 4.12. The molecule has 0 bridgehead atoms. The van der Waals surface area contributed by atoms with Crippen LogP contribution < -0.4 is 4.74 Å². The highest BCUT2D eigenvalue weighted by molar-refractivity contribution is 9.09. The largest absolute Gasteiger partial charge is 0.493 e. The first-order valence-electron chi connectivity index (χ1n) is 5.63. The molecule has 1 aliphatic heterocycles. The van der Waals surface area contributed by atoms with Gasteiger partial charge in [0.25, 0.3) is 0 Å². The van der Waals surface area contributed by atoms with E-state index >= 15 is 0 Å². The summed E-state index contributed by atoms with van der Waals surface area (Å²) in [6.45, 7) is 3.08. The number of fused-ring (bicyclic) bond motifs is 1. The van der Waals surface area contributed by atoms with Crippen LogP contribution >= 0.6 is 15.9 Å². The van der Waals surface area contributed by atoms with Crippen molar-refractivity contribution < 1.29 is 4.74 Å². The fourth-order valence-electron chi connectivity index (χ4n) is 2.11. The van der Waals surface area contributed by atoms with Gasteiger partial charge < -0.3 is 4.74 Å². The fraction of sp³-hybridized carbons (Fsp3) is 0.538. The molecule has 2 atom stereocenters. The number of benzene rings is 1. The SMILES string of the molecule is CC(Br)CCCC1COc2ccccc21. The van der Waals surface area contributed by atoms with Crippen molar-refractivity contribution in [3.05, 3.63) is 29.8 Å². The number of hydrogen-bond donors (Lipinski definition) is 0. The zero-order chi connectivity index (χ0) is 10.7. The van der Waals surface area contributed by atoms with Crippen LogP contribution in [0.3, 0.4) is 0 Å². The van der Waals surface area contributed by atoms with Crippen LogP contribution in [0.2, 0.25) is 0 Å². The first kappa shape index (κ1) is 11.0. The van der Waals surface area contributed by atoms with Crippen LogP contribution in [0.15, 0.2) is 24.3 Å². The van der Waals surface area contributed by atoms with E-state index in [4.69, 9.17) is 4.74 Å². The third-order valence-corrected chi connectivity index (χ3v) is 3.41. The van der Waals surface area contributed by atoms with Crippen molar-refractivity contribution in [2.75, 3.05) is 6.61 Å². The third kappa shape index (κ3) is 2.75. The minimum atomic E-state index is 0.618. The monoisotopic (exact) mass is 268 g/mol. The van der Waals surface area contributed by atoms with Crippen molar-refractivity contribution in [2.24, 2.45) is 0 Å². The quantitative estimate of drug-likeness (QED) is 0.747. The topological polar surface area (TPSA) is 9.23 Å². The van der Waals surface area contributed by atoms with Crippen molar-refractivity contribution >= 4 is 15.9 Å². The normalized spacial score (nSPS) is 20.8. The maximum atomic E-state index is 5.66. The van der Waals surface area contributed by atoms with Crippen LogP contribution in [0.4, 0.5) is 0 Å². The van der Waals surface area contributed by atoms with Crippen molar-refractivity contribution in [3.63, 3.8) is 0 Å². The molecule has 0 saturated carbocycles.